The van der Waals surface area contributed by atoms with Crippen LogP contribution >= 0.6 is 0 Å². The highest BCUT2D eigenvalue weighted by atomic mass is 16.6. The number of nitrogens with zero attached hydrogens (tertiary/aromatic N) is 1. The van der Waals surface area contributed by atoms with Crippen molar-refractivity contribution in [2.24, 2.45) is 0 Å². The van der Waals surface area contributed by atoms with E-state index in [9.17, 15) is 9.59 Å². The second kappa shape index (κ2) is 7.57. The van der Waals surface area contributed by atoms with E-state index in [0.717, 1.165) is 12.8 Å². The van der Waals surface area contributed by atoms with Crippen molar-refractivity contribution in [3.8, 4) is 0 Å². The number of anilines is 1. The first-order valence-corrected chi connectivity index (χ1v) is 6.75. The van der Waals surface area contributed by atoms with Crippen molar-refractivity contribution in [1.29, 1.82) is 0 Å². The van der Waals surface area contributed by atoms with Crippen molar-refractivity contribution < 1.29 is 19.1 Å². The number of carbonyl (C=O) groups excluding carboxylic acids is 2. The number of aromatic nitrogens is 1. The van der Waals surface area contributed by atoms with Crippen molar-refractivity contribution in [1.82, 2.24) is 4.57 Å². The Morgan fingerprint density at radius 2 is 2.05 bits per heavy atom. The molecule has 0 saturated carbocycles. The van der Waals surface area contributed by atoms with E-state index in [2.05, 4.69) is 0 Å². The molecule has 0 spiro atoms. The molecule has 20 heavy (non-hydrogen) atoms. The Labute approximate surface area is 118 Å². The molecular formula is C14H22N2O4. The molecule has 112 valence electrons. The molecule has 6 nitrogen and oxygen atoms in total. The van der Waals surface area contributed by atoms with Gasteiger partial charge < -0.3 is 19.8 Å². The SMILES string of the molecule is CCCCOC(=O)COC(=O)c1cc(N)cn1C(C)C. The number of nitrogens with two attached hydrogens (primary N) is 1. The van der Waals surface area contributed by atoms with E-state index in [1.165, 1.54) is 6.07 Å². The highest BCUT2D eigenvalue weighted by Crippen LogP contribution is 2.17. The molecule has 0 saturated heterocycles. The van der Waals surface area contributed by atoms with E-state index in [1.54, 1.807) is 10.8 Å². The predicted molar refractivity (Wildman–Crippen MR) is 75.4 cm³/mol. The second-order valence-electron chi connectivity index (χ2n) is 4.81. The van der Waals surface area contributed by atoms with E-state index in [-0.39, 0.29) is 12.6 Å². The molecule has 1 rings (SSSR count). The van der Waals surface area contributed by atoms with Crippen molar-refractivity contribution in [3.05, 3.63) is 18.0 Å². The molecule has 1 aromatic rings. The van der Waals surface area contributed by atoms with Gasteiger partial charge in [0.2, 0.25) is 0 Å². The number of rotatable bonds is 7. The minimum atomic E-state index is -0.581. The van der Waals surface area contributed by atoms with Crippen LogP contribution in [0.4, 0.5) is 5.69 Å². The van der Waals surface area contributed by atoms with Gasteiger partial charge in [0, 0.05) is 12.2 Å². The number of nitrogen functional groups attached to an aromatic ring is 1. The van der Waals surface area contributed by atoms with Crippen LogP contribution in [0.5, 0.6) is 0 Å². The molecule has 1 heterocycles. The smallest absolute Gasteiger partial charge is 0.355 e. The summed E-state index contributed by atoms with van der Waals surface area (Å²) >= 11 is 0. The molecule has 0 aromatic carbocycles. The molecular weight excluding hydrogens is 260 g/mol. The van der Waals surface area contributed by atoms with E-state index in [0.29, 0.717) is 18.0 Å². The predicted octanol–water partition coefficient (Wildman–Crippen LogP) is 2.15. The number of hydrogen-bond donors (Lipinski definition) is 1. The van der Waals surface area contributed by atoms with Gasteiger partial charge in [0.25, 0.3) is 0 Å². The minimum Gasteiger partial charge on any atom is -0.463 e. The Bertz CT molecular complexity index is 466. The normalized spacial score (nSPS) is 10.6. The lowest BCUT2D eigenvalue weighted by atomic mass is 10.3. The van der Waals surface area contributed by atoms with Gasteiger partial charge in [-0.3, -0.25) is 0 Å². The first-order valence-electron chi connectivity index (χ1n) is 6.75. The molecule has 0 aliphatic rings. The first kappa shape index (κ1) is 16.1. The maximum Gasteiger partial charge on any atom is 0.355 e. The van der Waals surface area contributed by atoms with Gasteiger partial charge in [0.05, 0.1) is 12.3 Å². The summed E-state index contributed by atoms with van der Waals surface area (Å²) < 4.78 is 11.5. The third kappa shape index (κ3) is 4.60. The van der Waals surface area contributed by atoms with Gasteiger partial charge in [-0.15, -0.1) is 0 Å². The zero-order valence-electron chi connectivity index (χ0n) is 12.2. The summed E-state index contributed by atoms with van der Waals surface area (Å²) in [5.41, 5.74) is 6.49. The van der Waals surface area contributed by atoms with Crippen LogP contribution in [0.1, 0.15) is 50.1 Å². The molecule has 0 aliphatic carbocycles. The standard InChI is InChI=1S/C14H22N2O4/c1-4-5-6-19-13(17)9-20-14(18)12-7-11(15)8-16(12)10(2)3/h7-8,10H,4-6,9,15H2,1-3H3. The summed E-state index contributed by atoms with van der Waals surface area (Å²) in [6.07, 6.45) is 3.40. The Morgan fingerprint density at radius 3 is 2.65 bits per heavy atom. The molecule has 0 amide bonds. The van der Waals surface area contributed by atoms with Crippen molar-refractivity contribution >= 4 is 17.6 Å². The average molecular weight is 282 g/mol. The minimum absolute atomic E-state index is 0.0753. The molecule has 1 aromatic heterocycles. The largest absolute Gasteiger partial charge is 0.463 e. The summed E-state index contributed by atoms with van der Waals surface area (Å²) in [5, 5.41) is 0. The van der Waals surface area contributed by atoms with E-state index >= 15 is 0 Å². The fraction of sp³-hybridized carbons (Fsp3) is 0.571. The summed E-state index contributed by atoms with van der Waals surface area (Å²) in [5.74, 6) is -1.12. The molecule has 0 radical (unpaired) electrons. The van der Waals surface area contributed by atoms with E-state index < -0.39 is 11.9 Å². The van der Waals surface area contributed by atoms with Gasteiger partial charge in [0.1, 0.15) is 5.69 Å². The Kier molecular flexibility index (Phi) is 6.09. The Morgan fingerprint density at radius 1 is 1.35 bits per heavy atom. The summed E-state index contributed by atoms with van der Waals surface area (Å²) in [6, 6.07) is 1.61. The third-order valence-electron chi connectivity index (χ3n) is 2.72. The summed E-state index contributed by atoms with van der Waals surface area (Å²) in [6.45, 7) is 5.82. The fourth-order valence-corrected chi connectivity index (χ4v) is 1.66. The highest BCUT2D eigenvalue weighted by Gasteiger charge is 2.17. The monoisotopic (exact) mass is 282 g/mol. The van der Waals surface area contributed by atoms with E-state index in [4.69, 9.17) is 15.2 Å². The lowest BCUT2D eigenvalue weighted by Gasteiger charge is -2.11. The number of unbranched alkanes of at least 4 members (excludes halogenated alkanes) is 1. The van der Waals surface area contributed by atoms with Crippen LogP contribution < -0.4 is 5.73 Å². The third-order valence-corrected chi connectivity index (χ3v) is 2.72. The van der Waals surface area contributed by atoms with Crippen LogP contribution in [0, 0.1) is 0 Å². The van der Waals surface area contributed by atoms with Gasteiger partial charge >= 0.3 is 11.9 Å². The average Bonchev–Trinajstić information content (AvgIpc) is 2.78. The van der Waals surface area contributed by atoms with Crippen LogP contribution in [0.2, 0.25) is 0 Å². The number of carbonyl (C=O) groups is 2. The molecule has 0 aliphatic heterocycles. The summed E-state index contributed by atoms with van der Waals surface area (Å²) in [4.78, 5) is 23.3. The zero-order chi connectivity index (χ0) is 15.1. The van der Waals surface area contributed by atoms with Crippen LogP contribution in [0.3, 0.4) is 0 Å². The van der Waals surface area contributed by atoms with Gasteiger partial charge in [-0.25, -0.2) is 9.59 Å². The highest BCUT2D eigenvalue weighted by molar-refractivity contribution is 5.90. The van der Waals surface area contributed by atoms with Crippen LogP contribution in [0.25, 0.3) is 0 Å². The lowest BCUT2D eigenvalue weighted by molar-refractivity contribution is -0.147. The molecule has 2 N–H and O–H groups in total. The molecule has 0 atom stereocenters. The first-order chi connectivity index (χ1) is 9.45. The maximum atomic E-state index is 11.9. The van der Waals surface area contributed by atoms with Crippen LogP contribution in [-0.4, -0.2) is 29.7 Å². The molecule has 6 heteroatoms. The van der Waals surface area contributed by atoms with Crippen molar-refractivity contribution in [3.63, 3.8) is 0 Å². The maximum absolute atomic E-state index is 11.9. The topological polar surface area (TPSA) is 83.6 Å². The number of ether oxygens (including phenoxy) is 2. The summed E-state index contributed by atoms with van der Waals surface area (Å²) in [7, 11) is 0. The van der Waals surface area contributed by atoms with Gasteiger partial charge in [-0.1, -0.05) is 13.3 Å². The van der Waals surface area contributed by atoms with Gasteiger partial charge in [0.15, 0.2) is 6.61 Å². The van der Waals surface area contributed by atoms with E-state index in [1.807, 2.05) is 20.8 Å². The van der Waals surface area contributed by atoms with Gasteiger partial charge in [-0.2, -0.15) is 0 Å². The molecule has 0 bridgehead atoms. The second-order valence-corrected chi connectivity index (χ2v) is 4.81. The fourth-order valence-electron chi connectivity index (χ4n) is 1.66. The Balaban J connectivity index is 2.53. The van der Waals surface area contributed by atoms with Crippen molar-refractivity contribution in [2.75, 3.05) is 18.9 Å². The molecule has 0 fully saturated rings. The quantitative estimate of drug-likeness (QED) is 0.612. The Hall–Kier alpha value is -1.98. The number of esters is 2. The molecule has 0 unspecified atom stereocenters. The number of hydrogen-bond acceptors (Lipinski definition) is 5. The van der Waals surface area contributed by atoms with Crippen LogP contribution in [-0.2, 0) is 14.3 Å². The zero-order valence-corrected chi connectivity index (χ0v) is 12.2. The van der Waals surface area contributed by atoms with Gasteiger partial charge in [-0.05, 0) is 26.3 Å². The van der Waals surface area contributed by atoms with Crippen LogP contribution in [0.15, 0.2) is 12.3 Å². The lowest BCUT2D eigenvalue weighted by Crippen LogP contribution is -2.19. The van der Waals surface area contributed by atoms with Crippen molar-refractivity contribution in [2.45, 2.75) is 39.7 Å².